The molecule has 3 aromatic rings. The lowest BCUT2D eigenvalue weighted by Gasteiger charge is -2.26. The number of carbonyl (C=O) groups is 1. The molecule has 2 heterocycles. The van der Waals surface area contributed by atoms with E-state index in [1.165, 1.54) is 0 Å². The lowest BCUT2D eigenvalue weighted by molar-refractivity contribution is -0.122. The van der Waals surface area contributed by atoms with Gasteiger partial charge in [-0.1, -0.05) is 30.3 Å². The minimum atomic E-state index is -0.0700. The normalized spacial score (nSPS) is 15.8. The number of aromatic nitrogens is 2. The van der Waals surface area contributed by atoms with Gasteiger partial charge in [-0.05, 0) is 24.6 Å². The Morgan fingerprint density at radius 1 is 1.19 bits per heavy atom. The van der Waals surface area contributed by atoms with Crippen LogP contribution >= 0.6 is 0 Å². The number of hydrogen-bond donors (Lipinski definition) is 1. The third-order valence-electron chi connectivity index (χ3n) is 4.83. The van der Waals surface area contributed by atoms with Gasteiger partial charge < -0.3 is 10.1 Å². The molecule has 4 rings (SSSR count). The smallest absolute Gasteiger partial charge is 0.261 e. The van der Waals surface area contributed by atoms with Crippen molar-refractivity contribution in [3.8, 4) is 5.75 Å². The van der Waals surface area contributed by atoms with Gasteiger partial charge in [0, 0.05) is 24.9 Å². The van der Waals surface area contributed by atoms with E-state index in [0.717, 1.165) is 17.7 Å². The molecule has 2 aromatic carbocycles. The van der Waals surface area contributed by atoms with Crippen molar-refractivity contribution in [2.75, 3.05) is 6.61 Å². The number of fused-ring (bicyclic) bond motifs is 2. The average molecular weight is 363 g/mol. The second-order valence-corrected chi connectivity index (χ2v) is 6.66. The minimum Gasteiger partial charge on any atom is -0.493 e. The zero-order valence-corrected chi connectivity index (χ0v) is 14.9. The van der Waals surface area contributed by atoms with E-state index in [0.29, 0.717) is 36.9 Å². The third kappa shape index (κ3) is 3.69. The van der Waals surface area contributed by atoms with Crippen LogP contribution in [-0.4, -0.2) is 22.1 Å². The summed E-state index contributed by atoms with van der Waals surface area (Å²) in [5, 5.41) is 3.68. The predicted molar refractivity (Wildman–Crippen MR) is 103 cm³/mol. The molecule has 138 valence electrons. The van der Waals surface area contributed by atoms with E-state index in [1.807, 2.05) is 42.5 Å². The van der Waals surface area contributed by atoms with Crippen molar-refractivity contribution in [1.82, 2.24) is 14.9 Å². The number of para-hydroxylation sites is 2. The van der Waals surface area contributed by atoms with Gasteiger partial charge in [-0.15, -0.1) is 0 Å². The Bertz CT molecular complexity index is 1030. The Balaban J connectivity index is 1.36. The monoisotopic (exact) mass is 363 g/mol. The average Bonchev–Trinajstić information content (AvgIpc) is 2.70. The first kappa shape index (κ1) is 17.3. The fraction of sp³-hybridized carbons (Fsp3) is 0.286. The molecule has 1 aliphatic heterocycles. The van der Waals surface area contributed by atoms with Gasteiger partial charge in [0.2, 0.25) is 5.91 Å². The van der Waals surface area contributed by atoms with Gasteiger partial charge in [0.15, 0.2) is 0 Å². The standard InChI is InChI=1S/C21H21N3O3/c25-20(23-18-11-13-27-19-9-4-2-6-15(18)19)10-5-12-24-14-22-17-8-3-1-7-16(17)21(24)26/h1-4,6-9,14,18H,5,10-13H2,(H,23,25)/t18-/m1/s1. The van der Waals surface area contributed by atoms with Crippen LogP contribution in [0.1, 0.15) is 30.9 Å². The molecule has 0 aliphatic carbocycles. The highest BCUT2D eigenvalue weighted by Crippen LogP contribution is 2.31. The summed E-state index contributed by atoms with van der Waals surface area (Å²) in [7, 11) is 0. The molecule has 0 unspecified atom stereocenters. The molecule has 1 aromatic heterocycles. The number of amides is 1. The first-order valence-electron chi connectivity index (χ1n) is 9.17. The first-order valence-corrected chi connectivity index (χ1v) is 9.17. The summed E-state index contributed by atoms with van der Waals surface area (Å²) in [6, 6.07) is 15.0. The maximum Gasteiger partial charge on any atom is 0.261 e. The van der Waals surface area contributed by atoms with E-state index in [1.54, 1.807) is 17.0 Å². The van der Waals surface area contributed by atoms with E-state index in [-0.39, 0.29) is 17.5 Å². The first-order chi connectivity index (χ1) is 13.2. The number of rotatable bonds is 5. The van der Waals surface area contributed by atoms with Crippen LogP contribution in [0, 0.1) is 0 Å². The van der Waals surface area contributed by atoms with E-state index >= 15 is 0 Å². The van der Waals surface area contributed by atoms with Crippen LogP contribution in [0.5, 0.6) is 5.75 Å². The molecule has 0 saturated heterocycles. The van der Waals surface area contributed by atoms with Crippen molar-refractivity contribution >= 4 is 16.8 Å². The number of carbonyl (C=O) groups excluding carboxylic acids is 1. The van der Waals surface area contributed by atoms with Crippen LogP contribution in [0.4, 0.5) is 0 Å². The molecule has 0 fully saturated rings. The van der Waals surface area contributed by atoms with Gasteiger partial charge in [-0.2, -0.15) is 0 Å². The van der Waals surface area contributed by atoms with E-state index in [4.69, 9.17) is 4.74 Å². The lowest BCUT2D eigenvalue weighted by Crippen LogP contribution is -2.32. The molecule has 6 nitrogen and oxygen atoms in total. The molecule has 1 N–H and O–H groups in total. The van der Waals surface area contributed by atoms with E-state index < -0.39 is 0 Å². The number of aryl methyl sites for hydroxylation is 1. The summed E-state index contributed by atoms with van der Waals surface area (Å²) in [4.78, 5) is 29.1. The topological polar surface area (TPSA) is 73.2 Å². The summed E-state index contributed by atoms with van der Waals surface area (Å²) < 4.78 is 7.20. The van der Waals surface area contributed by atoms with Gasteiger partial charge >= 0.3 is 0 Å². The maximum absolute atomic E-state index is 12.5. The van der Waals surface area contributed by atoms with Crippen LogP contribution in [0.3, 0.4) is 0 Å². The summed E-state index contributed by atoms with van der Waals surface area (Å²) in [6.07, 6.45) is 3.25. The molecule has 0 spiro atoms. The Morgan fingerprint density at radius 3 is 2.93 bits per heavy atom. The molecule has 0 saturated carbocycles. The minimum absolute atomic E-state index is 0.0153. The number of hydrogen-bond acceptors (Lipinski definition) is 4. The van der Waals surface area contributed by atoms with E-state index in [9.17, 15) is 9.59 Å². The highest BCUT2D eigenvalue weighted by atomic mass is 16.5. The largest absolute Gasteiger partial charge is 0.493 e. The Kier molecular flexibility index (Phi) is 4.87. The van der Waals surface area contributed by atoms with Gasteiger partial charge in [0.25, 0.3) is 5.56 Å². The molecule has 1 atom stereocenters. The SMILES string of the molecule is O=C(CCCn1cnc2ccccc2c1=O)N[C@@H]1CCOc2ccccc21. The number of benzene rings is 2. The van der Waals surface area contributed by atoms with Crippen LogP contribution in [0.25, 0.3) is 10.9 Å². The van der Waals surface area contributed by atoms with Crippen molar-refractivity contribution < 1.29 is 9.53 Å². The highest BCUT2D eigenvalue weighted by molar-refractivity contribution is 5.77. The quantitative estimate of drug-likeness (QED) is 0.756. The Morgan fingerprint density at radius 2 is 2.00 bits per heavy atom. The molecule has 0 radical (unpaired) electrons. The zero-order valence-electron chi connectivity index (χ0n) is 14.9. The summed E-state index contributed by atoms with van der Waals surface area (Å²) >= 11 is 0. The second-order valence-electron chi connectivity index (χ2n) is 6.66. The van der Waals surface area contributed by atoms with Crippen molar-refractivity contribution in [1.29, 1.82) is 0 Å². The fourth-order valence-electron chi connectivity index (χ4n) is 3.43. The molecular formula is C21H21N3O3. The van der Waals surface area contributed by atoms with E-state index in [2.05, 4.69) is 10.3 Å². The number of nitrogens with zero attached hydrogens (tertiary/aromatic N) is 2. The maximum atomic E-state index is 12.5. The number of ether oxygens (including phenoxy) is 1. The van der Waals surface area contributed by atoms with Crippen LogP contribution in [-0.2, 0) is 11.3 Å². The molecule has 1 aliphatic rings. The predicted octanol–water partition coefficient (Wildman–Crippen LogP) is 2.82. The van der Waals surface area contributed by atoms with Crippen molar-refractivity contribution in [2.24, 2.45) is 0 Å². The molecule has 1 amide bonds. The molecule has 0 bridgehead atoms. The fourth-order valence-corrected chi connectivity index (χ4v) is 3.43. The summed E-state index contributed by atoms with van der Waals surface area (Å²) in [6.45, 7) is 1.06. The van der Waals surface area contributed by atoms with Crippen molar-refractivity contribution in [3.63, 3.8) is 0 Å². The molecule has 27 heavy (non-hydrogen) atoms. The molecular weight excluding hydrogens is 342 g/mol. The lowest BCUT2D eigenvalue weighted by atomic mass is 10.0. The van der Waals surface area contributed by atoms with Crippen LogP contribution in [0.15, 0.2) is 59.7 Å². The van der Waals surface area contributed by atoms with Crippen molar-refractivity contribution in [2.45, 2.75) is 31.8 Å². The Labute approximate surface area is 156 Å². The summed E-state index contributed by atoms with van der Waals surface area (Å²) in [5.41, 5.74) is 1.64. The Hall–Kier alpha value is -3.15. The van der Waals surface area contributed by atoms with Gasteiger partial charge in [-0.3, -0.25) is 14.2 Å². The van der Waals surface area contributed by atoms with Crippen LogP contribution in [0.2, 0.25) is 0 Å². The van der Waals surface area contributed by atoms with Crippen LogP contribution < -0.4 is 15.6 Å². The molecule has 6 heteroatoms. The van der Waals surface area contributed by atoms with Crippen molar-refractivity contribution in [3.05, 3.63) is 70.8 Å². The second kappa shape index (κ2) is 7.61. The number of nitrogens with one attached hydrogen (secondary N) is 1. The zero-order chi connectivity index (χ0) is 18.6. The third-order valence-corrected chi connectivity index (χ3v) is 4.83. The summed E-state index contributed by atoms with van der Waals surface area (Å²) in [5.74, 6) is 0.821. The van der Waals surface area contributed by atoms with Gasteiger partial charge in [-0.25, -0.2) is 4.98 Å². The van der Waals surface area contributed by atoms with Gasteiger partial charge in [0.05, 0.1) is 29.9 Å². The van der Waals surface area contributed by atoms with Gasteiger partial charge in [0.1, 0.15) is 5.75 Å². The highest BCUT2D eigenvalue weighted by Gasteiger charge is 2.22.